The van der Waals surface area contributed by atoms with Gasteiger partial charge in [-0.25, -0.2) is 15.1 Å². The highest BCUT2D eigenvalue weighted by Crippen LogP contribution is 2.02. The Bertz CT molecular complexity index is 257. The van der Waals surface area contributed by atoms with Gasteiger partial charge < -0.3 is 0 Å². The first-order chi connectivity index (χ1) is 5.18. The van der Waals surface area contributed by atoms with Crippen LogP contribution in [-0.4, -0.2) is 10.0 Å². The molecule has 0 atom stereocenters. The Balaban J connectivity index is 2.74. The molecule has 1 aromatic heterocycles. The number of aromatic nitrogens is 1. The lowest BCUT2D eigenvalue weighted by atomic mass is 10.3. The summed E-state index contributed by atoms with van der Waals surface area (Å²) >= 11 is 0. The van der Waals surface area contributed by atoms with Crippen LogP contribution in [-0.2, 0) is 0 Å². The van der Waals surface area contributed by atoms with Crippen LogP contribution in [0.1, 0.15) is 5.56 Å². The highest BCUT2D eigenvalue weighted by Gasteiger charge is 1.97. The van der Waals surface area contributed by atoms with Gasteiger partial charge in [0, 0.05) is 6.20 Å². The summed E-state index contributed by atoms with van der Waals surface area (Å²) in [5.74, 6) is 0.251. The first-order valence-electron chi connectivity index (χ1n) is 3.02. The van der Waals surface area contributed by atoms with Crippen molar-refractivity contribution < 1.29 is 5.03 Å². The third kappa shape index (κ3) is 2.21. The van der Waals surface area contributed by atoms with Crippen LogP contribution < -0.4 is 5.43 Å². The van der Waals surface area contributed by atoms with Crippen LogP contribution in [0.5, 0.6) is 0 Å². The Labute approximate surface area is 63.2 Å². The lowest BCUT2D eigenvalue weighted by molar-refractivity contribution is -0.445. The summed E-state index contributed by atoms with van der Waals surface area (Å²) in [6, 6.07) is 3.30. The molecule has 1 rings (SSSR count). The molecule has 0 fully saturated rings. The average molecular weight is 153 g/mol. The summed E-state index contributed by atoms with van der Waals surface area (Å²) < 4.78 is 0. The molecule has 0 amide bonds. The van der Waals surface area contributed by atoms with Gasteiger partial charge >= 0.3 is 0 Å². The van der Waals surface area contributed by atoms with Crippen LogP contribution in [0.25, 0.3) is 0 Å². The SMILES string of the molecule is Cc1ccc(N[N+](=O)[O-])nc1. The number of nitrogens with zero attached hydrogens (tertiary/aromatic N) is 2. The molecule has 1 heterocycles. The fourth-order valence-electron chi connectivity index (χ4n) is 0.627. The lowest BCUT2D eigenvalue weighted by Crippen LogP contribution is -2.08. The number of aryl methyl sites for hydroxylation is 1. The van der Waals surface area contributed by atoms with Gasteiger partial charge in [0.2, 0.25) is 0 Å². The second kappa shape index (κ2) is 2.96. The Hall–Kier alpha value is -1.65. The van der Waals surface area contributed by atoms with E-state index in [0.717, 1.165) is 5.56 Å². The Morgan fingerprint density at radius 3 is 2.82 bits per heavy atom. The zero-order chi connectivity index (χ0) is 8.27. The van der Waals surface area contributed by atoms with Gasteiger partial charge in [-0.05, 0) is 18.6 Å². The third-order valence-electron chi connectivity index (χ3n) is 1.12. The number of nitrogens with one attached hydrogen (secondary N) is 1. The summed E-state index contributed by atoms with van der Waals surface area (Å²) in [7, 11) is 0. The van der Waals surface area contributed by atoms with Gasteiger partial charge in [0.25, 0.3) is 0 Å². The second-order valence-electron chi connectivity index (χ2n) is 2.09. The molecule has 1 N–H and O–H groups in total. The molecule has 0 aliphatic carbocycles. The molecule has 0 bridgehead atoms. The normalized spacial score (nSPS) is 9.18. The molecular weight excluding hydrogens is 146 g/mol. The molecule has 0 saturated carbocycles. The van der Waals surface area contributed by atoms with E-state index in [1.165, 1.54) is 0 Å². The third-order valence-corrected chi connectivity index (χ3v) is 1.12. The molecular formula is C6H7N3O2. The molecule has 58 valence electrons. The first kappa shape index (κ1) is 7.46. The van der Waals surface area contributed by atoms with E-state index in [1.54, 1.807) is 18.3 Å². The average Bonchev–Trinajstić information content (AvgIpc) is 1.93. The number of hydrogen-bond donors (Lipinski definition) is 1. The predicted molar refractivity (Wildman–Crippen MR) is 39.6 cm³/mol. The molecule has 0 aliphatic heterocycles. The summed E-state index contributed by atoms with van der Waals surface area (Å²) in [4.78, 5) is 13.7. The number of pyridine rings is 1. The van der Waals surface area contributed by atoms with Crippen molar-refractivity contribution in [3.63, 3.8) is 0 Å². The van der Waals surface area contributed by atoms with Gasteiger partial charge in [0.05, 0.1) is 0 Å². The molecule has 1 aromatic rings. The number of hydrogen-bond acceptors (Lipinski definition) is 3. The van der Waals surface area contributed by atoms with Crippen molar-refractivity contribution in [2.75, 3.05) is 5.43 Å². The van der Waals surface area contributed by atoms with Crippen LogP contribution in [0.2, 0.25) is 0 Å². The smallest absolute Gasteiger partial charge is 0.190 e. The Morgan fingerprint density at radius 2 is 2.36 bits per heavy atom. The maximum Gasteiger partial charge on any atom is 0.190 e. The predicted octanol–water partition coefficient (Wildman–Crippen LogP) is 0.994. The lowest BCUT2D eigenvalue weighted by Gasteiger charge is -1.94. The fraction of sp³-hybridized carbons (Fsp3) is 0.167. The molecule has 0 aliphatic rings. The van der Waals surface area contributed by atoms with Gasteiger partial charge in [-0.3, -0.25) is 0 Å². The van der Waals surface area contributed by atoms with Crippen LogP contribution in [0, 0.1) is 17.0 Å². The van der Waals surface area contributed by atoms with E-state index in [4.69, 9.17) is 0 Å². The number of rotatable bonds is 2. The van der Waals surface area contributed by atoms with Crippen molar-refractivity contribution in [2.45, 2.75) is 6.92 Å². The summed E-state index contributed by atoms with van der Waals surface area (Å²) in [6.45, 7) is 1.86. The van der Waals surface area contributed by atoms with Gasteiger partial charge in [-0.2, -0.15) is 0 Å². The highest BCUT2D eigenvalue weighted by atomic mass is 16.7. The second-order valence-corrected chi connectivity index (χ2v) is 2.09. The topological polar surface area (TPSA) is 68.1 Å². The molecule has 0 saturated heterocycles. The Morgan fingerprint density at radius 1 is 1.64 bits per heavy atom. The van der Waals surface area contributed by atoms with E-state index in [1.807, 2.05) is 12.3 Å². The van der Waals surface area contributed by atoms with Crippen LogP contribution >= 0.6 is 0 Å². The molecule has 0 unspecified atom stereocenters. The summed E-state index contributed by atoms with van der Waals surface area (Å²) in [5.41, 5.74) is 2.91. The van der Waals surface area contributed by atoms with Gasteiger partial charge in [0.15, 0.2) is 10.9 Å². The van der Waals surface area contributed by atoms with Crippen molar-refractivity contribution >= 4 is 5.82 Å². The quantitative estimate of drug-likeness (QED) is 0.508. The van der Waals surface area contributed by atoms with E-state index >= 15 is 0 Å². The van der Waals surface area contributed by atoms with Gasteiger partial charge in [-0.15, -0.1) is 0 Å². The van der Waals surface area contributed by atoms with E-state index in [0.29, 0.717) is 0 Å². The molecule has 0 spiro atoms. The van der Waals surface area contributed by atoms with E-state index in [2.05, 4.69) is 4.98 Å². The zero-order valence-electron chi connectivity index (χ0n) is 5.94. The van der Waals surface area contributed by atoms with Crippen LogP contribution in [0.4, 0.5) is 5.82 Å². The van der Waals surface area contributed by atoms with Crippen molar-refractivity contribution in [1.29, 1.82) is 0 Å². The highest BCUT2D eigenvalue weighted by molar-refractivity contribution is 5.32. The van der Waals surface area contributed by atoms with Crippen molar-refractivity contribution in [3.05, 3.63) is 34.0 Å². The molecule has 0 radical (unpaired) electrons. The van der Waals surface area contributed by atoms with Crippen LogP contribution in [0.3, 0.4) is 0 Å². The van der Waals surface area contributed by atoms with E-state index < -0.39 is 5.03 Å². The maximum atomic E-state index is 9.91. The van der Waals surface area contributed by atoms with Gasteiger partial charge in [-0.1, -0.05) is 11.5 Å². The van der Waals surface area contributed by atoms with Crippen LogP contribution in [0.15, 0.2) is 18.3 Å². The molecule has 0 aromatic carbocycles. The molecule has 11 heavy (non-hydrogen) atoms. The molecule has 5 nitrogen and oxygen atoms in total. The monoisotopic (exact) mass is 153 g/mol. The minimum Gasteiger partial charge on any atom is -0.234 e. The number of anilines is 1. The van der Waals surface area contributed by atoms with Crippen molar-refractivity contribution in [2.24, 2.45) is 0 Å². The Kier molecular flexibility index (Phi) is 2.00. The number of nitro groups is 1. The van der Waals surface area contributed by atoms with E-state index in [-0.39, 0.29) is 5.82 Å². The van der Waals surface area contributed by atoms with E-state index in [9.17, 15) is 10.1 Å². The van der Waals surface area contributed by atoms with Crippen molar-refractivity contribution in [3.8, 4) is 0 Å². The molecule has 5 heteroatoms. The summed E-state index contributed by atoms with van der Waals surface area (Å²) in [5, 5.41) is 9.27. The maximum absolute atomic E-state index is 9.91. The minimum absolute atomic E-state index is 0.251. The zero-order valence-corrected chi connectivity index (χ0v) is 5.94. The standard InChI is InChI=1S/C6H7N3O2/c1-5-2-3-6(7-4-5)8-9(10)11/h2-4H,1H3,(H,7,8). The summed E-state index contributed by atoms with van der Waals surface area (Å²) in [6.07, 6.45) is 1.56. The largest absolute Gasteiger partial charge is 0.234 e. The first-order valence-corrected chi connectivity index (χ1v) is 3.02. The number of hydrazine groups is 1. The van der Waals surface area contributed by atoms with Crippen molar-refractivity contribution in [1.82, 2.24) is 4.98 Å². The van der Waals surface area contributed by atoms with Gasteiger partial charge in [0.1, 0.15) is 0 Å². The fourth-order valence-corrected chi connectivity index (χ4v) is 0.627. The minimum atomic E-state index is -0.641.